The molecular formula is C5H16N2O5S. The Kier molecular flexibility index (Phi) is 8.42. The second-order valence-corrected chi connectivity index (χ2v) is 3.70. The van der Waals surface area contributed by atoms with Gasteiger partial charge in [-0.25, -0.2) is 0 Å². The van der Waals surface area contributed by atoms with Crippen LogP contribution >= 0.6 is 0 Å². The van der Waals surface area contributed by atoms with Crippen molar-refractivity contribution in [2.45, 2.75) is 0 Å². The van der Waals surface area contributed by atoms with Crippen molar-refractivity contribution in [1.29, 1.82) is 0 Å². The normalized spacial score (nSPS) is 11.4. The molecule has 13 heavy (non-hydrogen) atoms. The van der Waals surface area contributed by atoms with Crippen LogP contribution in [0.1, 0.15) is 0 Å². The summed E-state index contributed by atoms with van der Waals surface area (Å²) in [6.07, 6.45) is 0. The van der Waals surface area contributed by atoms with Crippen LogP contribution < -0.4 is 6.15 Å². The number of aliphatic hydroxyl groups excluding tert-OH is 2. The average Bonchev–Trinajstić information content (AvgIpc) is 1.84. The van der Waals surface area contributed by atoms with E-state index in [9.17, 15) is 8.42 Å². The van der Waals surface area contributed by atoms with Gasteiger partial charge in [0.05, 0.1) is 13.2 Å². The average molecular weight is 216 g/mol. The molecule has 0 atom stereocenters. The number of hydrogen-bond donors (Lipinski definition) is 4. The summed E-state index contributed by atoms with van der Waals surface area (Å²) in [6, 6.07) is 0. The second-order valence-electron chi connectivity index (χ2n) is 2.28. The second kappa shape index (κ2) is 7.18. The molecule has 82 valence electrons. The smallest absolute Gasteiger partial charge is 0.278 e. The highest BCUT2D eigenvalue weighted by atomic mass is 32.2. The molecule has 0 radical (unpaired) electrons. The van der Waals surface area contributed by atoms with Gasteiger partial charge in [-0.3, -0.25) is 9.45 Å². The third-order valence-corrected chi connectivity index (χ3v) is 1.87. The van der Waals surface area contributed by atoms with E-state index in [0.717, 1.165) is 0 Å². The van der Waals surface area contributed by atoms with Gasteiger partial charge < -0.3 is 16.4 Å². The molecule has 0 aliphatic carbocycles. The molecule has 0 aliphatic heterocycles. The van der Waals surface area contributed by atoms with Gasteiger partial charge in [0.15, 0.2) is 0 Å². The van der Waals surface area contributed by atoms with Crippen LogP contribution in [-0.4, -0.2) is 60.3 Å². The molecule has 0 heterocycles. The van der Waals surface area contributed by atoms with Gasteiger partial charge in [0.1, 0.15) is 5.88 Å². The molecule has 0 fully saturated rings. The van der Waals surface area contributed by atoms with E-state index in [0.29, 0.717) is 0 Å². The van der Waals surface area contributed by atoms with Crippen LogP contribution in [0.3, 0.4) is 0 Å². The summed E-state index contributed by atoms with van der Waals surface area (Å²) in [5.41, 5.74) is 0. The molecule has 0 aliphatic rings. The van der Waals surface area contributed by atoms with Crippen LogP contribution in [-0.2, 0) is 10.1 Å². The van der Waals surface area contributed by atoms with E-state index in [1.165, 1.54) is 4.90 Å². The lowest BCUT2D eigenvalue weighted by molar-refractivity contribution is 0.175. The summed E-state index contributed by atoms with van der Waals surface area (Å²) in [4.78, 5) is 1.23. The van der Waals surface area contributed by atoms with E-state index in [2.05, 4.69) is 0 Å². The Bertz CT molecular complexity index is 199. The van der Waals surface area contributed by atoms with Crippen LogP contribution in [0.2, 0.25) is 0 Å². The molecule has 0 saturated heterocycles. The highest BCUT2D eigenvalue weighted by molar-refractivity contribution is 7.85. The molecule has 0 amide bonds. The van der Waals surface area contributed by atoms with E-state index >= 15 is 0 Å². The predicted molar refractivity (Wildman–Crippen MR) is 47.2 cm³/mol. The van der Waals surface area contributed by atoms with Crippen molar-refractivity contribution in [3.63, 3.8) is 0 Å². The van der Waals surface area contributed by atoms with Crippen LogP contribution in [0.4, 0.5) is 0 Å². The zero-order valence-electron chi connectivity index (χ0n) is 7.26. The summed E-state index contributed by atoms with van der Waals surface area (Å²) < 4.78 is 29.1. The molecule has 0 saturated carbocycles. The summed E-state index contributed by atoms with van der Waals surface area (Å²) >= 11 is 0. The SMILES string of the molecule is N.O=S(=O)(O)CN(CCO)CCO. The zero-order chi connectivity index (χ0) is 9.61. The number of rotatable bonds is 6. The topological polar surface area (TPSA) is 133 Å². The van der Waals surface area contributed by atoms with Crippen LogP contribution in [0.15, 0.2) is 0 Å². The van der Waals surface area contributed by atoms with Gasteiger partial charge in [-0.05, 0) is 0 Å². The Balaban J connectivity index is 0. The maximum atomic E-state index is 10.3. The third-order valence-electron chi connectivity index (χ3n) is 1.18. The van der Waals surface area contributed by atoms with E-state index in [4.69, 9.17) is 14.8 Å². The fourth-order valence-electron chi connectivity index (χ4n) is 0.754. The standard InChI is InChI=1S/C5H13NO5S.H3N/c7-3-1-6(2-4-8)5-12(9,10)11;/h7-8H,1-5H2,(H,9,10,11);1H3. The fraction of sp³-hybridized carbons (Fsp3) is 1.00. The third kappa shape index (κ3) is 9.67. The summed E-state index contributed by atoms with van der Waals surface area (Å²) in [6.45, 7) is -0.203. The monoisotopic (exact) mass is 216 g/mol. The Hall–Kier alpha value is -0.250. The first-order valence-electron chi connectivity index (χ1n) is 3.39. The lowest BCUT2D eigenvalue weighted by Gasteiger charge is -2.17. The van der Waals surface area contributed by atoms with Gasteiger partial charge in [0.25, 0.3) is 10.1 Å². The molecule has 0 bridgehead atoms. The van der Waals surface area contributed by atoms with Gasteiger partial charge in [0, 0.05) is 13.1 Å². The minimum absolute atomic E-state index is 0. The molecule has 0 aromatic carbocycles. The Morgan fingerprint density at radius 3 is 1.69 bits per heavy atom. The highest BCUT2D eigenvalue weighted by Gasteiger charge is 2.11. The molecule has 0 rings (SSSR count). The van der Waals surface area contributed by atoms with Crippen molar-refractivity contribution < 1.29 is 23.2 Å². The van der Waals surface area contributed by atoms with E-state index in [-0.39, 0.29) is 32.5 Å². The summed E-state index contributed by atoms with van der Waals surface area (Å²) in [5, 5.41) is 16.9. The van der Waals surface area contributed by atoms with Crippen molar-refractivity contribution in [2.24, 2.45) is 0 Å². The predicted octanol–water partition coefficient (Wildman–Crippen LogP) is -1.72. The Labute approximate surface area is 77.3 Å². The lowest BCUT2D eigenvalue weighted by atomic mass is 10.5. The number of hydrogen-bond acceptors (Lipinski definition) is 6. The minimum atomic E-state index is -4.06. The number of nitrogens with zero attached hydrogens (tertiary/aromatic N) is 1. The van der Waals surface area contributed by atoms with Crippen LogP contribution in [0.5, 0.6) is 0 Å². The van der Waals surface area contributed by atoms with Gasteiger partial charge >= 0.3 is 0 Å². The molecule has 0 aromatic rings. The molecular weight excluding hydrogens is 200 g/mol. The first-order chi connectivity index (χ1) is 5.49. The summed E-state index contributed by atoms with van der Waals surface area (Å²) in [7, 11) is -4.06. The Morgan fingerprint density at radius 1 is 1.08 bits per heavy atom. The molecule has 8 heteroatoms. The van der Waals surface area contributed by atoms with Crippen molar-refractivity contribution in [3.8, 4) is 0 Å². The van der Waals surface area contributed by atoms with E-state index in [1.54, 1.807) is 0 Å². The Morgan fingerprint density at radius 2 is 1.46 bits per heavy atom. The van der Waals surface area contributed by atoms with Gasteiger partial charge in [-0.15, -0.1) is 0 Å². The van der Waals surface area contributed by atoms with Gasteiger partial charge in [-0.2, -0.15) is 8.42 Å². The maximum Gasteiger partial charge on any atom is 0.278 e. The quantitative estimate of drug-likeness (QED) is 0.388. The van der Waals surface area contributed by atoms with Gasteiger partial charge in [0.2, 0.25) is 0 Å². The lowest BCUT2D eigenvalue weighted by Crippen LogP contribution is -2.34. The number of aliphatic hydroxyl groups is 2. The fourth-order valence-corrected chi connectivity index (χ4v) is 1.47. The van der Waals surface area contributed by atoms with Crippen LogP contribution in [0, 0.1) is 0 Å². The highest BCUT2D eigenvalue weighted by Crippen LogP contribution is 1.91. The molecule has 0 unspecified atom stereocenters. The molecule has 0 spiro atoms. The first kappa shape index (κ1) is 15.2. The molecule has 6 N–H and O–H groups in total. The van der Waals surface area contributed by atoms with Crippen molar-refractivity contribution in [2.75, 3.05) is 32.2 Å². The van der Waals surface area contributed by atoms with E-state index in [1.807, 2.05) is 0 Å². The summed E-state index contributed by atoms with van der Waals surface area (Å²) in [5.74, 6) is -0.561. The van der Waals surface area contributed by atoms with Crippen molar-refractivity contribution in [3.05, 3.63) is 0 Å². The first-order valence-corrected chi connectivity index (χ1v) is 4.99. The van der Waals surface area contributed by atoms with Crippen molar-refractivity contribution in [1.82, 2.24) is 11.1 Å². The largest absolute Gasteiger partial charge is 0.395 e. The zero-order valence-corrected chi connectivity index (χ0v) is 8.07. The van der Waals surface area contributed by atoms with E-state index < -0.39 is 16.0 Å². The minimum Gasteiger partial charge on any atom is -0.395 e. The van der Waals surface area contributed by atoms with Gasteiger partial charge in [-0.1, -0.05) is 0 Å². The molecule has 7 nitrogen and oxygen atoms in total. The van der Waals surface area contributed by atoms with Crippen LogP contribution in [0.25, 0.3) is 0 Å². The van der Waals surface area contributed by atoms with Crippen molar-refractivity contribution >= 4 is 10.1 Å². The molecule has 0 aromatic heterocycles. The maximum absolute atomic E-state index is 10.3.